The van der Waals surface area contributed by atoms with Crippen LogP contribution in [0.25, 0.3) is 0 Å². The van der Waals surface area contributed by atoms with E-state index in [9.17, 15) is 4.39 Å². The van der Waals surface area contributed by atoms with Crippen LogP contribution in [0.5, 0.6) is 0 Å². The first-order valence-corrected chi connectivity index (χ1v) is 6.94. The Morgan fingerprint density at radius 1 is 1.05 bits per heavy atom. The van der Waals surface area contributed by atoms with Crippen LogP contribution in [0.15, 0.2) is 36.4 Å². The van der Waals surface area contributed by atoms with Gasteiger partial charge in [-0.05, 0) is 54.7 Å². The van der Waals surface area contributed by atoms with Crippen molar-refractivity contribution >= 4 is 23.2 Å². The summed E-state index contributed by atoms with van der Waals surface area (Å²) in [5.74, 6) is -0.344. The molecule has 3 heteroatoms. The highest BCUT2D eigenvalue weighted by atomic mass is 35.5. The molecule has 19 heavy (non-hydrogen) atoms. The Labute approximate surface area is 123 Å². The predicted molar refractivity (Wildman–Crippen MR) is 79.6 cm³/mol. The zero-order valence-corrected chi connectivity index (χ0v) is 12.4. The van der Waals surface area contributed by atoms with Crippen LogP contribution in [-0.2, 0) is 6.42 Å². The maximum Gasteiger partial charge on any atom is 0.124 e. The first-order chi connectivity index (χ1) is 8.97. The standard InChI is InChI=1S/C16H15Cl2F/c1-10-3-4-12(7-11(10)2)8-15(17)14-6-5-13(19)9-16(14)18/h3-7,9,15H,8H2,1-2H3. The molecular formula is C16H15Cl2F. The van der Waals surface area contributed by atoms with Crippen molar-refractivity contribution in [2.75, 3.05) is 0 Å². The summed E-state index contributed by atoms with van der Waals surface area (Å²) < 4.78 is 13.0. The molecule has 0 amide bonds. The number of hydrogen-bond acceptors (Lipinski definition) is 0. The van der Waals surface area contributed by atoms with E-state index < -0.39 is 0 Å². The van der Waals surface area contributed by atoms with Gasteiger partial charge in [0.2, 0.25) is 0 Å². The monoisotopic (exact) mass is 296 g/mol. The van der Waals surface area contributed by atoms with Crippen molar-refractivity contribution in [1.82, 2.24) is 0 Å². The van der Waals surface area contributed by atoms with Crippen LogP contribution in [0, 0.1) is 19.7 Å². The number of alkyl halides is 1. The lowest BCUT2D eigenvalue weighted by atomic mass is 10.00. The summed E-state index contributed by atoms with van der Waals surface area (Å²) in [6.45, 7) is 4.15. The van der Waals surface area contributed by atoms with E-state index in [2.05, 4.69) is 32.0 Å². The number of benzene rings is 2. The van der Waals surface area contributed by atoms with Crippen molar-refractivity contribution in [3.63, 3.8) is 0 Å². The van der Waals surface area contributed by atoms with Gasteiger partial charge in [-0.15, -0.1) is 11.6 Å². The fourth-order valence-corrected chi connectivity index (χ4v) is 2.73. The van der Waals surface area contributed by atoms with Gasteiger partial charge in [0, 0.05) is 5.02 Å². The normalized spacial score (nSPS) is 12.5. The molecule has 0 bridgehead atoms. The number of aryl methyl sites for hydroxylation is 2. The molecule has 0 aliphatic heterocycles. The summed E-state index contributed by atoms with van der Waals surface area (Å²) in [4.78, 5) is 0. The molecule has 0 heterocycles. The van der Waals surface area contributed by atoms with Gasteiger partial charge in [-0.2, -0.15) is 0 Å². The smallest absolute Gasteiger partial charge is 0.124 e. The Hall–Kier alpha value is -1.05. The van der Waals surface area contributed by atoms with Crippen LogP contribution >= 0.6 is 23.2 Å². The molecule has 100 valence electrons. The lowest BCUT2D eigenvalue weighted by Crippen LogP contribution is -1.98. The van der Waals surface area contributed by atoms with Gasteiger partial charge in [-0.3, -0.25) is 0 Å². The fraction of sp³-hybridized carbons (Fsp3) is 0.250. The lowest BCUT2D eigenvalue weighted by Gasteiger charge is -2.13. The average Bonchev–Trinajstić information content (AvgIpc) is 2.33. The molecule has 0 nitrogen and oxygen atoms in total. The van der Waals surface area contributed by atoms with E-state index in [1.807, 2.05) is 0 Å². The van der Waals surface area contributed by atoms with Crippen molar-refractivity contribution in [3.05, 3.63) is 69.5 Å². The zero-order valence-electron chi connectivity index (χ0n) is 10.9. The molecule has 0 spiro atoms. The quantitative estimate of drug-likeness (QED) is 0.645. The van der Waals surface area contributed by atoms with Gasteiger partial charge in [0.1, 0.15) is 5.82 Å². The second-order valence-corrected chi connectivity index (χ2v) is 5.69. The van der Waals surface area contributed by atoms with Gasteiger partial charge in [0.25, 0.3) is 0 Å². The summed E-state index contributed by atoms with van der Waals surface area (Å²) in [7, 11) is 0. The van der Waals surface area contributed by atoms with Crippen molar-refractivity contribution in [2.24, 2.45) is 0 Å². The lowest BCUT2D eigenvalue weighted by molar-refractivity contribution is 0.627. The van der Waals surface area contributed by atoms with Crippen LogP contribution in [0.3, 0.4) is 0 Å². The second kappa shape index (κ2) is 5.94. The van der Waals surface area contributed by atoms with E-state index in [0.717, 1.165) is 11.1 Å². The molecule has 0 fully saturated rings. The highest BCUT2D eigenvalue weighted by Gasteiger charge is 2.13. The first kappa shape index (κ1) is 14.4. The van der Waals surface area contributed by atoms with Crippen LogP contribution < -0.4 is 0 Å². The molecule has 0 aliphatic rings. The van der Waals surface area contributed by atoms with Crippen molar-refractivity contribution in [3.8, 4) is 0 Å². The molecule has 0 aromatic heterocycles. The number of hydrogen-bond donors (Lipinski definition) is 0. The maximum absolute atomic E-state index is 13.0. The third-order valence-corrected chi connectivity index (χ3v) is 4.00. The summed E-state index contributed by atoms with van der Waals surface area (Å²) in [6.07, 6.45) is 0.675. The minimum absolute atomic E-state index is 0.254. The van der Waals surface area contributed by atoms with Gasteiger partial charge in [0.05, 0.1) is 5.38 Å². The maximum atomic E-state index is 13.0. The first-order valence-electron chi connectivity index (χ1n) is 6.12. The molecule has 1 atom stereocenters. The molecule has 2 aromatic carbocycles. The Bertz CT molecular complexity index is 593. The minimum atomic E-state index is -0.344. The highest BCUT2D eigenvalue weighted by molar-refractivity contribution is 6.32. The van der Waals surface area contributed by atoms with Gasteiger partial charge in [0.15, 0.2) is 0 Å². The van der Waals surface area contributed by atoms with Gasteiger partial charge < -0.3 is 0 Å². The van der Waals surface area contributed by atoms with Gasteiger partial charge in [-0.1, -0.05) is 35.9 Å². The van der Waals surface area contributed by atoms with Crippen LogP contribution in [0.1, 0.15) is 27.6 Å². The molecule has 0 N–H and O–H groups in total. The van der Waals surface area contributed by atoms with Crippen molar-refractivity contribution in [1.29, 1.82) is 0 Å². The Kier molecular flexibility index (Phi) is 4.49. The number of rotatable bonds is 3. The third-order valence-electron chi connectivity index (χ3n) is 3.29. The Morgan fingerprint density at radius 3 is 2.42 bits per heavy atom. The largest absolute Gasteiger partial charge is 0.207 e. The average molecular weight is 297 g/mol. The second-order valence-electron chi connectivity index (χ2n) is 4.76. The van der Waals surface area contributed by atoms with Crippen LogP contribution in [0.4, 0.5) is 4.39 Å². The Balaban J connectivity index is 2.20. The highest BCUT2D eigenvalue weighted by Crippen LogP contribution is 2.31. The van der Waals surface area contributed by atoms with Crippen molar-refractivity contribution in [2.45, 2.75) is 25.6 Å². The summed E-state index contributed by atoms with van der Waals surface area (Å²) >= 11 is 12.4. The molecule has 2 aromatic rings. The van der Waals surface area contributed by atoms with E-state index in [0.29, 0.717) is 11.4 Å². The SMILES string of the molecule is Cc1ccc(CC(Cl)c2ccc(F)cc2Cl)cc1C. The fourth-order valence-electron chi connectivity index (χ4n) is 2.00. The van der Waals surface area contributed by atoms with Crippen LogP contribution in [-0.4, -0.2) is 0 Å². The van der Waals surface area contributed by atoms with Gasteiger partial charge >= 0.3 is 0 Å². The summed E-state index contributed by atoms with van der Waals surface area (Å²) in [5, 5.41) is 0.124. The molecular weight excluding hydrogens is 282 g/mol. The number of halogens is 3. The molecule has 2 rings (SSSR count). The zero-order chi connectivity index (χ0) is 14.0. The van der Waals surface area contributed by atoms with E-state index in [1.165, 1.54) is 23.3 Å². The molecule has 0 saturated heterocycles. The van der Waals surface area contributed by atoms with E-state index >= 15 is 0 Å². The van der Waals surface area contributed by atoms with E-state index in [1.54, 1.807) is 6.07 Å². The van der Waals surface area contributed by atoms with E-state index in [4.69, 9.17) is 23.2 Å². The van der Waals surface area contributed by atoms with Gasteiger partial charge in [-0.25, -0.2) is 4.39 Å². The minimum Gasteiger partial charge on any atom is -0.207 e. The molecule has 0 saturated carbocycles. The third kappa shape index (κ3) is 3.49. The van der Waals surface area contributed by atoms with Crippen molar-refractivity contribution < 1.29 is 4.39 Å². The predicted octanol–water partition coefficient (Wildman–Crippen LogP) is 5.62. The topological polar surface area (TPSA) is 0 Å². The molecule has 1 unspecified atom stereocenters. The summed E-state index contributed by atoms with van der Waals surface area (Å²) in [6, 6.07) is 10.6. The molecule has 0 aliphatic carbocycles. The Morgan fingerprint density at radius 2 is 1.79 bits per heavy atom. The van der Waals surface area contributed by atoms with E-state index in [-0.39, 0.29) is 11.2 Å². The molecule has 0 radical (unpaired) electrons. The summed E-state index contributed by atoms with van der Waals surface area (Å²) in [5.41, 5.74) is 4.42. The van der Waals surface area contributed by atoms with Crippen LogP contribution in [0.2, 0.25) is 5.02 Å².